The third-order valence-electron chi connectivity index (χ3n) is 0.444. The van der Waals surface area contributed by atoms with E-state index >= 15 is 0 Å². The summed E-state index contributed by atoms with van der Waals surface area (Å²) in [6, 6.07) is 0. The first-order chi connectivity index (χ1) is 4.54. The summed E-state index contributed by atoms with van der Waals surface area (Å²) in [6.45, 7) is 0. The average Bonchev–Trinajstić information content (AvgIpc) is 1.82. The molecule has 0 atom stereocenters. The zero-order valence-electron chi connectivity index (χ0n) is 4.88. The van der Waals surface area contributed by atoms with E-state index in [1.807, 2.05) is 0 Å². The van der Waals surface area contributed by atoms with Crippen LogP contribution in [0.1, 0.15) is 0 Å². The molecule has 0 heterocycles. The van der Waals surface area contributed by atoms with E-state index in [4.69, 9.17) is 23.2 Å². The topological polar surface area (TPSA) is 29.5 Å². The highest BCUT2D eigenvalue weighted by molar-refractivity contribution is 7.98. The van der Waals surface area contributed by atoms with Gasteiger partial charge in [0.25, 0.3) is 0 Å². The van der Waals surface area contributed by atoms with Crippen LogP contribution in [0.2, 0.25) is 0 Å². The molecule has 60 valence electrons. The third kappa shape index (κ3) is 4.96. The molecule has 0 rings (SSSR count). The molecule has 10 heavy (non-hydrogen) atoms. The Kier molecular flexibility index (Phi) is 4.93. The van der Waals surface area contributed by atoms with E-state index in [0.29, 0.717) is 12.0 Å². The Balaban J connectivity index is 3.40. The first-order valence-corrected chi connectivity index (χ1v) is 3.76. The van der Waals surface area contributed by atoms with Crippen LogP contribution < -0.4 is 0 Å². The predicted molar refractivity (Wildman–Crippen MR) is 38.4 cm³/mol. The fourth-order valence-corrected chi connectivity index (χ4v) is 0.605. The van der Waals surface area contributed by atoms with Gasteiger partial charge in [0.1, 0.15) is 0 Å². The molecule has 0 aliphatic rings. The van der Waals surface area contributed by atoms with Crippen molar-refractivity contribution in [2.45, 2.75) is 4.17 Å². The smallest absolute Gasteiger partial charge is 0.370 e. The SMILES string of the molecule is CN(F)C(=O)OSC(Cl)Cl. The normalized spacial score (nSPS) is 9.70. The van der Waals surface area contributed by atoms with E-state index in [1.165, 1.54) is 0 Å². The van der Waals surface area contributed by atoms with Crippen molar-refractivity contribution in [1.82, 2.24) is 5.12 Å². The summed E-state index contributed by atoms with van der Waals surface area (Å²) in [5.74, 6) is 0. The third-order valence-corrected chi connectivity index (χ3v) is 1.26. The van der Waals surface area contributed by atoms with Crippen molar-refractivity contribution in [3.05, 3.63) is 0 Å². The van der Waals surface area contributed by atoms with E-state index in [1.54, 1.807) is 0 Å². The number of carbonyl (C=O) groups excluding carboxylic acids is 1. The van der Waals surface area contributed by atoms with Crippen LogP contribution >= 0.6 is 35.2 Å². The van der Waals surface area contributed by atoms with Crippen LogP contribution in [0.15, 0.2) is 0 Å². The molecule has 0 aromatic heterocycles. The van der Waals surface area contributed by atoms with Gasteiger partial charge in [-0.25, -0.2) is 4.79 Å². The number of rotatable bonds is 2. The highest BCUT2D eigenvalue weighted by Crippen LogP contribution is 2.20. The lowest BCUT2D eigenvalue weighted by Gasteiger charge is -2.04. The summed E-state index contributed by atoms with van der Waals surface area (Å²) < 4.78 is 15.0. The Hall–Kier alpha value is 0.130. The van der Waals surface area contributed by atoms with Crippen molar-refractivity contribution >= 4 is 41.3 Å². The zero-order chi connectivity index (χ0) is 8.15. The lowest BCUT2D eigenvalue weighted by Crippen LogP contribution is -2.16. The molecular formula is C3H4Cl2FNO2S. The standard InChI is InChI=1S/C3H4Cl2FNO2S/c1-7(6)3(8)9-10-2(4)5/h2H,1H3. The first-order valence-electron chi connectivity index (χ1n) is 2.09. The van der Waals surface area contributed by atoms with Crippen LogP contribution in [0.3, 0.4) is 0 Å². The van der Waals surface area contributed by atoms with Crippen LogP contribution in [0.25, 0.3) is 0 Å². The molecule has 0 saturated heterocycles. The van der Waals surface area contributed by atoms with E-state index in [-0.39, 0.29) is 5.12 Å². The van der Waals surface area contributed by atoms with Crippen LogP contribution in [0.5, 0.6) is 0 Å². The lowest BCUT2D eigenvalue weighted by molar-refractivity contribution is 0.0658. The van der Waals surface area contributed by atoms with Gasteiger partial charge in [-0.05, 0) is 0 Å². The largest absolute Gasteiger partial charge is 0.450 e. The zero-order valence-corrected chi connectivity index (χ0v) is 7.21. The van der Waals surface area contributed by atoms with Crippen LogP contribution in [-0.2, 0) is 4.18 Å². The molecule has 0 unspecified atom stereocenters. The molecule has 0 aliphatic carbocycles. The summed E-state index contributed by atoms with van der Waals surface area (Å²) >= 11 is 10.7. The summed E-state index contributed by atoms with van der Waals surface area (Å²) in [5.41, 5.74) is 0. The van der Waals surface area contributed by atoms with Gasteiger partial charge in [0.2, 0.25) is 0 Å². The van der Waals surface area contributed by atoms with Crippen LogP contribution in [0.4, 0.5) is 9.28 Å². The summed E-state index contributed by atoms with van der Waals surface area (Å²) in [6.07, 6.45) is -1.14. The number of hydrogen-bond donors (Lipinski definition) is 0. The van der Waals surface area contributed by atoms with Gasteiger partial charge in [-0.2, -0.15) is 0 Å². The van der Waals surface area contributed by atoms with Crippen molar-refractivity contribution < 1.29 is 13.5 Å². The second-order valence-electron chi connectivity index (χ2n) is 1.18. The Morgan fingerprint density at radius 3 is 2.60 bits per heavy atom. The Morgan fingerprint density at radius 2 is 2.30 bits per heavy atom. The summed E-state index contributed by atoms with van der Waals surface area (Å²) in [5, 5.41) is -0.219. The highest BCUT2D eigenvalue weighted by atomic mass is 35.5. The van der Waals surface area contributed by atoms with Gasteiger partial charge in [-0.1, -0.05) is 27.7 Å². The van der Waals surface area contributed by atoms with Crippen molar-refractivity contribution in [3.63, 3.8) is 0 Å². The molecule has 0 spiro atoms. The molecule has 0 N–H and O–H groups in total. The fourth-order valence-electron chi connectivity index (χ4n) is 0.129. The molecule has 0 fully saturated rings. The van der Waals surface area contributed by atoms with Gasteiger partial charge in [0, 0.05) is 7.05 Å². The predicted octanol–water partition coefficient (Wildman–Crippen LogP) is 2.35. The summed E-state index contributed by atoms with van der Waals surface area (Å²) in [4.78, 5) is 10.2. The fraction of sp³-hybridized carbons (Fsp3) is 0.667. The Labute approximate surface area is 71.5 Å². The van der Waals surface area contributed by atoms with Gasteiger partial charge in [0.15, 0.2) is 4.17 Å². The minimum atomic E-state index is -1.14. The lowest BCUT2D eigenvalue weighted by atomic mass is 11.1. The van der Waals surface area contributed by atoms with E-state index < -0.39 is 10.3 Å². The minimum absolute atomic E-state index is 0.219. The van der Waals surface area contributed by atoms with Gasteiger partial charge >= 0.3 is 6.09 Å². The Bertz CT molecular complexity index is 123. The Morgan fingerprint density at radius 1 is 1.80 bits per heavy atom. The maximum absolute atomic E-state index is 11.8. The average molecular weight is 208 g/mol. The van der Waals surface area contributed by atoms with E-state index in [0.717, 1.165) is 7.05 Å². The van der Waals surface area contributed by atoms with Crippen molar-refractivity contribution in [3.8, 4) is 0 Å². The highest BCUT2D eigenvalue weighted by Gasteiger charge is 2.11. The molecule has 0 aromatic carbocycles. The van der Waals surface area contributed by atoms with Crippen molar-refractivity contribution in [2.75, 3.05) is 7.05 Å². The quantitative estimate of drug-likeness (QED) is 0.396. The molecule has 0 saturated carbocycles. The molecule has 1 amide bonds. The maximum atomic E-state index is 11.8. The molecule has 0 bridgehead atoms. The maximum Gasteiger partial charge on any atom is 0.450 e. The molecule has 0 aliphatic heterocycles. The van der Waals surface area contributed by atoms with Gasteiger partial charge in [-0.3, -0.25) is 0 Å². The van der Waals surface area contributed by atoms with E-state index in [2.05, 4.69) is 4.18 Å². The van der Waals surface area contributed by atoms with Gasteiger partial charge < -0.3 is 4.18 Å². The van der Waals surface area contributed by atoms with Gasteiger partial charge in [0.05, 0.1) is 12.0 Å². The van der Waals surface area contributed by atoms with E-state index in [9.17, 15) is 9.28 Å². The molecule has 0 radical (unpaired) electrons. The molecule has 3 nitrogen and oxygen atoms in total. The summed E-state index contributed by atoms with van der Waals surface area (Å²) in [7, 11) is 0.903. The molecule has 0 aromatic rings. The molecule has 7 heteroatoms. The number of carbonyl (C=O) groups is 1. The van der Waals surface area contributed by atoms with Gasteiger partial charge in [-0.15, -0.1) is 5.12 Å². The number of halogens is 3. The van der Waals surface area contributed by atoms with Crippen LogP contribution in [0, 0.1) is 0 Å². The number of nitrogens with zero attached hydrogens (tertiary/aromatic N) is 1. The number of amides is 1. The first kappa shape index (κ1) is 10.1. The minimum Gasteiger partial charge on any atom is -0.370 e. The van der Waals surface area contributed by atoms with Crippen molar-refractivity contribution in [1.29, 1.82) is 0 Å². The monoisotopic (exact) mass is 207 g/mol. The second kappa shape index (κ2) is 4.87. The van der Waals surface area contributed by atoms with Crippen LogP contribution in [-0.4, -0.2) is 22.4 Å². The molecular weight excluding hydrogens is 204 g/mol. The second-order valence-corrected chi connectivity index (χ2v) is 3.63. The number of hydrogen-bond acceptors (Lipinski definition) is 3. The number of alkyl halides is 2. The van der Waals surface area contributed by atoms with Crippen molar-refractivity contribution in [2.24, 2.45) is 0 Å².